The fraction of sp³-hybridized carbons (Fsp3) is 0.200. The number of thiol groups is 1. The lowest BCUT2D eigenvalue weighted by Gasteiger charge is -1.90. The van der Waals surface area contributed by atoms with Crippen molar-refractivity contribution in [2.45, 2.75) is 4.90 Å². The molecule has 0 saturated heterocycles. The van der Waals surface area contributed by atoms with E-state index in [1.54, 1.807) is 7.11 Å². The molecule has 1 aromatic rings. The van der Waals surface area contributed by atoms with Gasteiger partial charge in [-0.1, -0.05) is 0 Å². The van der Waals surface area contributed by atoms with Crippen LogP contribution in [0, 0.1) is 0 Å². The minimum absolute atomic E-state index is 0.674. The van der Waals surface area contributed by atoms with E-state index in [0.717, 1.165) is 4.90 Å². The van der Waals surface area contributed by atoms with Crippen molar-refractivity contribution in [2.24, 2.45) is 0 Å². The molecule has 1 rings (SSSR count). The first-order valence-corrected chi connectivity index (χ1v) is 2.58. The number of methoxy groups -OCH3 is 1. The molecule has 0 spiro atoms. The Labute approximate surface area is 52.9 Å². The largest absolute Gasteiger partial charge is 0.492 e. The Morgan fingerprint density at radius 3 is 2.62 bits per heavy atom. The van der Waals surface area contributed by atoms with Crippen molar-refractivity contribution in [3.05, 3.63) is 12.5 Å². The number of furan rings is 1. The van der Waals surface area contributed by atoms with Crippen LogP contribution >= 0.6 is 12.6 Å². The monoisotopic (exact) mass is 130 g/mol. The maximum absolute atomic E-state index is 4.81. The van der Waals surface area contributed by atoms with E-state index in [2.05, 4.69) is 12.6 Å². The third-order valence-electron chi connectivity index (χ3n) is 0.827. The Bertz CT molecular complexity index is 171. The molecule has 0 bridgehead atoms. The van der Waals surface area contributed by atoms with E-state index >= 15 is 0 Å². The van der Waals surface area contributed by atoms with Crippen LogP contribution in [0.25, 0.3) is 0 Å². The third kappa shape index (κ3) is 0.816. The van der Waals surface area contributed by atoms with Gasteiger partial charge in [-0.2, -0.15) is 0 Å². The summed E-state index contributed by atoms with van der Waals surface area (Å²) in [6, 6.07) is 0. The standard InChI is InChI=1S/C5H6O2S/c1-6-4-2-7-3-5(4)8/h2-3,8H,1H3. The predicted octanol–water partition coefficient (Wildman–Crippen LogP) is 1.58. The molecule has 0 aliphatic rings. The van der Waals surface area contributed by atoms with E-state index < -0.39 is 0 Å². The fourth-order valence-corrected chi connectivity index (χ4v) is 0.636. The summed E-state index contributed by atoms with van der Waals surface area (Å²) in [4.78, 5) is 0.729. The molecule has 1 heterocycles. The zero-order valence-corrected chi connectivity index (χ0v) is 5.31. The highest BCUT2D eigenvalue weighted by molar-refractivity contribution is 7.80. The van der Waals surface area contributed by atoms with Crippen LogP contribution in [0.15, 0.2) is 21.8 Å². The van der Waals surface area contributed by atoms with E-state index in [9.17, 15) is 0 Å². The Morgan fingerprint density at radius 2 is 2.38 bits per heavy atom. The van der Waals surface area contributed by atoms with Crippen molar-refractivity contribution < 1.29 is 9.15 Å². The molecule has 3 heteroatoms. The second kappa shape index (κ2) is 2.13. The molecule has 44 valence electrons. The molecular formula is C5H6O2S. The first-order valence-electron chi connectivity index (χ1n) is 2.13. The highest BCUT2D eigenvalue weighted by atomic mass is 32.1. The zero-order chi connectivity index (χ0) is 5.98. The summed E-state index contributed by atoms with van der Waals surface area (Å²) in [6.07, 6.45) is 3.02. The van der Waals surface area contributed by atoms with Crippen LogP contribution in [0.4, 0.5) is 0 Å². The maximum Gasteiger partial charge on any atom is 0.170 e. The Balaban J connectivity index is 2.92. The summed E-state index contributed by atoms with van der Waals surface area (Å²) in [5, 5.41) is 0. The Kier molecular flexibility index (Phi) is 1.48. The van der Waals surface area contributed by atoms with Gasteiger partial charge in [0.1, 0.15) is 12.5 Å². The van der Waals surface area contributed by atoms with E-state index in [1.165, 1.54) is 12.5 Å². The van der Waals surface area contributed by atoms with Crippen molar-refractivity contribution in [3.63, 3.8) is 0 Å². The normalized spacial score (nSPS) is 9.25. The van der Waals surface area contributed by atoms with Gasteiger partial charge in [0.2, 0.25) is 0 Å². The highest BCUT2D eigenvalue weighted by Gasteiger charge is 1.96. The summed E-state index contributed by atoms with van der Waals surface area (Å²) in [6.45, 7) is 0. The van der Waals surface area contributed by atoms with Gasteiger partial charge in [-0.15, -0.1) is 12.6 Å². The summed E-state index contributed by atoms with van der Waals surface area (Å²) in [5.74, 6) is 0.674. The zero-order valence-electron chi connectivity index (χ0n) is 4.42. The number of rotatable bonds is 1. The average molecular weight is 130 g/mol. The third-order valence-corrected chi connectivity index (χ3v) is 1.15. The molecule has 8 heavy (non-hydrogen) atoms. The molecule has 0 fully saturated rings. The van der Waals surface area contributed by atoms with Gasteiger partial charge in [0, 0.05) is 0 Å². The van der Waals surface area contributed by atoms with Crippen LogP contribution in [0.2, 0.25) is 0 Å². The molecule has 0 unspecified atom stereocenters. The topological polar surface area (TPSA) is 22.4 Å². The number of hydrogen-bond donors (Lipinski definition) is 1. The van der Waals surface area contributed by atoms with Gasteiger partial charge in [-0.05, 0) is 0 Å². The van der Waals surface area contributed by atoms with Crippen molar-refractivity contribution in [2.75, 3.05) is 7.11 Å². The summed E-state index contributed by atoms with van der Waals surface area (Å²) >= 11 is 4.01. The quantitative estimate of drug-likeness (QED) is 0.583. The summed E-state index contributed by atoms with van der Waals surface area (Å²) < 4.78 is 9.55. The Morgan fingerprint density at radius 1 is 1.62 bits per heavy atom. The lowest BCUT2D eigenvalue weighted by Crippen LogP contribution is -1.77. The molecule has 0 amide bonds. The second-order valence-electron chi connectivity index (χ2n) is 1.33. The smallest absolute Gasteiger partial charge is 0.170 e. The average Bonchev–Trinajstić information content (AvgIpc) is 2.14. The van der Waals surface area contributed by atoms with Gasteiger partial charge >= 0.3 is 0 Å². The van der Waals surface area contributed by atoms with Crippen molar-refractivity contribution >= 4 is 12.6 Å². The number of ether oxygens (including phenoxy) is 1. The van der Waals surface area contributed by atoms with Crippen LogP contribution in [0.3, 0.4) is 0 Å². The minimum Gasteiger partial charge on any atom is -0.492 e. The summed E-state index contributed by atoms with van der Waals surface area (Å²) in [5.41, 5.74) is 0. The highest BCUT2D eigenvalue weighted by Crippen LogP contribution is 2.21. The van der Waals surface area contributed by atoms with Gasteiger partial charge in [-0.3, -0.25) is 0 Å². The Hall–Kier alpha value is -0.570. The molecule has 2 nitrogen and oxygen atoms in total. The van der Waals surface area contributed by atoms with Gasteiger partial charge in [0.15, 0.2) is 5.75 Å². The van der Waals surface area contributed by atoms with Gasteiger partial charge in [-0.25, -0.2) is 0 Å². The lowest BCUT2D eigenvalue weighted by atomic mass is 10.6. The molecule has 0 aliphatic heterocycles. The molecule has 0 aromatic carbocycles. The predicted molar refractivity (Wildman–Crippen MR) is 32.5 cm³/mol. The molecule has 1 aromatic heterocycles. The maximum atomic E-state index is 4.81. The van der Waals surface area contributed by atoms with Gasteiger partial charge in [0.05, 0.1) is 12.0 Å². The van der Waals surface area contributed by atoms with E-state index in [0.29, 0.717) is 5.75 Å². The lowest BCUT2D eigenvalue weighted by molar-refractivity contribution is 0.400. The molecule has 0 radical (unpaired) electrons. The molecule has 0 saturated carbocycles. The molecule has 0 atom stereocenters. The van der Waals surface area contributed by atoms with Crippen LogP contribution in [0.5, 0.6) is 5.75 Å². The minimum atomic E-state index is 0.674. The van der Waals surface area contributed by atoms with Crippen LogP contribution in [-0.2, 0) is 0 Å². The van der Waals surface area contributed by atoms with E-state index in [4.69, 9.17) is 9.15 Å². The first-order chi connectivity index (χ1) is 3.84. The van der Waals surface area contributed by atoms with Crippen molar-refractivity contribution in [1.82, 2.24) is 0 Å². The van der Waals surface area contributed by atoms with Gasteiger partial charge < -0.3 is 9.15 Å². The fourth-order valence-electron chi connectivity index (χ4n) is 0.431. The van der Waals surface area contributed by atoms with Crippen LogP contribution < -0.4 is 4.74 Å². The van der Waals surface area contributed by atoms with Crippen LogP contribution in [0.1, 0.15) is 0 Å². The summed E-state index contributed by atoms with van der Waals surface area (Å²) in [7, 11) is 1.57. The second-order valence-corrected chi connectivity index (χ2v) is 1.81. The molecule has 0 N–H and O–H groups in total. The van der Waals surface area contributed by atoms with Crippen molar-refractivity contribution in [3.8, 4) is 5.75 Å². The van der Waals surface area contributed by atoms with Crippen molar-refractivity contribution in [1.29, 1.82) is 0 Å². The van der Waals surface area contributed by atoms with E-state index in [-0.39, 0.29) is 0 Å². The van der Waals surface area contributed by atoms with Gasteiger partial charge in [0.25, 0.3) is 0 Å². The first kappa shape index (κ1) is 5.56. The van der Waals surface area contributed by atoms with E-state index in [1.807, 2.05) is 0 Å². The molecule has 0 aliphatic carbocycles. The van der Waals surface area contributed by atoms with Crippen LogP contribution in [-0.4, -0.2) is 7.11 Å². The number of hydrogen-bond acceptors (Lipinski definition) is 3. The SMILES string of the molecule is COc1cocc1S. The molecular weight excluding hydrogens is 124 g/mol.